The van der Waals surface area contributed by atoms with Crippen LogP contribution in [-0.2, 0) is 16.6 Å². The summed E-state index contributed by atoms with van der Waals surface area (Å²) >= 11 is 0. The van der Waals surface area contributed by atoms with Gasteiger partial charge in [0.15, 0.2) is 0 Å². The number of hydrogen-bond donors (Lipinski definition) is 1. The molecule has 1 N–H and O–H groups in total. The summed E-state index contributed by atoms with van der Waals surface area (Å²) in [5.74, 6) is 0.00417. The van der Waals surface area contributed by atoms with Crippen LogP contribution in [0.4, 0.5) is 16.2 Å². The van der Waals surface area contributed by atoms with Crippen molar-refractivity contribution in [1.82, 2.24) is 4.90 Å². The topological polar surface area (TPSA) is 69.7 Å². The van der Waals surface area contributed by atoms with Crippen molar-refractivity contribution in [1.29, 1.82) is 0 Å². The highest BCUT2D eigenvalue weighted by molar-refractivity contribution is 7.92. The number of nitrogens with one attached hydrogen (secondary N) is 1. The fourth-order valence-corrected chi connectivity index (χ4v) is 3.70. The van der Waals surface area contributed by atoms with Crippen molar-refractivity contribution in [2.24, 2.45) is 0 Å². The molecule has 7 heteroatoms. The minimum atomic E-state index is -3.35. The Kier molecular flexibility index (Phi) is 5.70. The molecule has 0 aromatic heterocycles. The number of carbonyl (C=O) groups is 1. The second-order valence-corrected chi connectivity index (χ2v) is 8.76. The van der Waals surface area contributed by atoms with Crippen molar-refractivity contribution in [3.8, 4) is 0 Å². The summed E-state index contributed by atoms with van der Waals surface area (Å²) in [5.41, 5.74) is 3.46. The van der Waals surface area contributed by atoms with Crippen molar-refractivity contribution in [2.45, 2.75) is 26.8 Å². The van der Waals surface area contributed by atoms with E-state index in [9.17, 15) is 13.2 Å². The molecule has 1 aliphatic rings. The van der Waals surface area contributed by atoms with Crippen molar-refractivity contribution in [3.63, 3.8) is 0 Å². The standard InChI is InChI=1S/C20H25N3O3S/c1-3-27(25,26)21-18-6-4-7-19(14-18)23-13-5-12-22(20(23)24)15-17-10-8-16(2)9-11-17/h4,6-11,14,21H,3,5,12-13,15H2,1-2H3. The average Bonchev–Trinajstić information content (AvgIpc) is 2.65. The van der Waals surface area contributed by atoms with Gasteiger partial charge in [-0.25, -0.2) is 13.2 Å². The van der Waals surface area contributed by atoms with Crippen molar-refractivity contribution in [3.05, 3.63) is 59.7 Å². The molecule has 1 heterocycles. The number of nitrogens with zero attached hydrogens (tertiary/aromatic N) is 2. The number of hydrogen-bond acceptors (Lipinski definition) is 3. The first-order valence-corrected chi connectivity index (χ1v) is 10.8. The Morgan fingerprint density at radius 3 is 2.52 bits per heavy atom. The number of anilines is 2. The summed E-state index contributed by atoms with van der Waals surface area (Å²) < 4.78 is 26.1. The third-order valence-corrected chi connectivity index (χ3v) is 5.92. The molecule has 0 atom stereocenters. The molecular weight excluding hydrogens is 362 g/mol. The predicted octanol–water partition coefficient (Wildman–Crippen LogP) is 3.59. The molecule has 0 unspecified atom stereocenters. The Bertz CT molecular complexity index is 910. The van der Waals surface area contributed by atoms with Crippen LogP contribution in [0.2, 0.25) is 0 Å². The molecule has 144 valence electrons. The van der Waals surface area contributed by atoms with Gasteiger partial charge in [-0.2, -0.15) is 0 Å². The molecule has 2 aromatic carbocycles. The largest absolute Gasteiger partial charge is 0.324 e. The zero-order valence-corrected chi connectivity index (χ0v) is 16.5. The summed E-state index contributed by atoms with van der Waals surface area (Å²) in [6.45, 7) is 5.52. The molecule has 2 amide bonds. The predicted molar refractivity (Wildman–Crippen MR) is 108 cm³/mol. The fourth-order valence-electron chi connectivity index (χ4n) is 3.07. The maximum absolute atomic E-state index is 13.0. The van der Waals surface area contributed by atoms with E-state index >= 15 is 0 Å². The Balaban J connectivity index is 1.76. The van der Waals surface area contributed by atoms with Gasteiger partial charge < -0.3 is 4.90 Å². The van der Waals surface area contributed by atoms with Gasteiger partial charge in [-0.1, -0.05) is 35.9 Å². The van der Waals surface area contributed by atoms with E-state index in [0.717, 1.165) is 12.0 Å². The minimum Gasteiger partial charge on any atom is -0.320 e. The molecule has 0 radical (unpaired) electrons. The molecule has 3 rings (SSSR count). The van der Waals surface area contributed by atoms with Gasteiger partial charge in [0.1, 0.15) is 0 Å². The molecule has 0 bridgehead atoms. The molecule has 6 nitrogen and oxygen atoms in total. The summed E-state index contributed by atoms with van der Waals surface area (Å²) in [4.78, 5) is 16.5. The smallest absolute Gasteiger partial charge is 0.320 e. The van der Waals surface area contributed by atoms with Gasteiger partial charge in [-0.15, -0.1) is 0 Å². The van der Waals surface area contributed by atoms with Crippen LogP contribution in [-0.4, -0.2) is 38.2 Å². The third kappa shape index (κ3) is 4.80. The zero-order chi connectivity index (χ0) is 19.4. The molecule has 0 spiro atoms. The second-order valence-electron chi connectivity index (χ2n) is 6.75. The first-order chi connectivity index (χ1) is 12.9. The number of rotatable bonds is 6. The van der Waals surface area contributed by atoms with Crippen LogP contribution >= 0.6 is 0 Å². The molecule has 2 aromatic rings. The van der Waals surface area contributed by atoms with Crippen molar-refractivity contribution < 1.29 is 13.2 Å². The van der Waals surface area contributed by atoms with Crippen LogP contribution < -0.4 is 9.62 Å². The van der Waals surface area contributed by atoms with E-state index in [1.807, 2.05) is 42.2 Å². The monoisotopic (exact) mass is 387 g/mol. The zero-order valence-electron chi connectivity index (χ0n) is 15.7. The van der Waals surface area contributed by atoms with Crippen molar-refractivity contribution in [2.75, 3.05) is 28.5 Å². The van der Waals surface area contributed by atoms with E-state index in [2.05, 4.69) is 4.72 Å². The lowest BCUT2D eigenvalue weighted by molar-refractivity contribution is 0.192. The molecule has 1 aliphatic heterocycles. The van der Waals surface area contributed by atoms with E-state index < -0.39 is 10.0 Å². The molecular formula is C20H25N3O3S. The number of carbonyl (C=O) groups excluding carboxylic acids is 1. The fraction of sp³-hybridized carbons (Fsp3) is 0.350. The maximum Gasteiger partial charge on any atom is 0.324 e. The van der Waals surface area contributed by atoms with Crippen LogP contribution in [0.1, 0.15) is 24.5 Å². The molecule has 0 aliphatic carbocycles. The van der Waals surface area contributed by atoms with Gasteiger partial charge in [-0.05, 0) is 44.0 Å². The van der Waals surface area contributed by atoms with E-state index in [-0.39, 0.29) is 11.8 Å². The molecule has 0 saturated carbocycles. The number of urea groups is 1. The summed E-state index contributed by atoms with van der Waals surface area (Å²) in [7, 11) is -3.35. The number of benzene rings is 2. The lowest BCUT2D eigenvalue weighted by Crippen LogP contribution is -2.49. The Labute approximate surface area is 160 Å². The lowest BCUT2D eigenvalue weighted by Gasteiger charge is -2.36. The molecule has 27 heavy (non-hydrogen) atoms. The van der Waals surface area contributed by atoms with Gasteiger partial charge >= 0.3 is 6.03 Å². The van der Waals surface area contributed by atoms with Crippen LogP contribution in [0.3, 0.4) is 0 Å². The highest BCUT2D eigenvalue weighted by Gasteiger charge is 2.27. The summed E-state index contributed by atoms with van der Waals surface area (Å²) in [5, 5.41) is 0. The van der Waals surface area contributed by atoms with E-state index in [1.165, 1.54) is 5.56 Å². The van der Waals surface area contributed by atoms with Gasteiger partial charge in [0.05, 0.1) is 11.4 Å². The molecule has 1 fully saturated rings. The van der Waals surface area contributed by atoms with Crippen molar-refractivity contribution >= 4 is 27.4 Å². The number of sulfonamides is 1. The summed E-state index contributed by atoms with van der Waals surface area (Å²) in [6, 6.07) is 15.1. The van der Waals surface area contributed by atoms with E-state index in [4.69, 9.17) is 0 Å². The normalized spacial score (nSPS) is 15.1. The van der Waals surface area contributed by atoms with Gasteiger partial charge in [-0.3, -0.25) is 9.62 Å². The first-order valence-electron chi connectivity index (χ1n) is 9.10. The van der Waals surface area contributed by atoms with Crippen LogP contribution in [0.5, 0.6) is 0 Å². The highest BCUT2D eigenvalue weighted by Crippen LogP contribution is 2.25. The Morgan fingerprint density at radius 2 is 1.81 bits per heavy atom. The van der Waals surface area contributed by atoms with Crippen LogP contribution in [0.15, 0.2) is 48.5 Å². The van der Waals surface area contributed by atoms with E-state index in [0.29, 0.717) is 31.0 Å². The maximum atomic E-state index is 13.0. The van der Waals surface area contributed by atoms with Crippen LogP contribution in [0.25, 0.3) is 0 Å². The Morgan fingerprint density at radius 1 is 1.07 bits per heavy atom. The second kappa shape index (κ2) is 8.00. The minimum absolute atomic E-state index is 0.00417. The number of aryl methyl sites for hydroxylation is 1. The van der Waals surface area contributed by atoms with Gasteiger partial charge in [0.25, 0.3) is 0 Å². The lowest BCUT2D eigenvalue weighted by atomic mass is 10.1. The Hall–Kier alpha value is -2.54. The SMILES string of the molecule is CCS(=O)(=O)Nc1cccc(N2CCCN(Cc3ccc(C)cc3)C2=O)c1. The first kappa shape index (κ1) is 19.2. The number of amides is 2. The van der Waals surface area contributed by atoms with E-state index in [1.54, 1.807) is 30.0 Å². The van der Waals surface area contributed by atoms with Gasteiger partial charge in [0, 0.05) is 25.3 Å². The van der Waals surface area contributed by atoms with Crippen LogP contribution in [0, 0.1) is 6.92 Å². The summed E-state index contributed by atoms with van der Waals surface area (Å²) in [6.07, 6.45) is 0.864. The average molecular weight is 388 g/mol. The third-order valence-electron chi connectivity index (χ3n) is 4.62. The highest BCUT2D eigenvalue weighted by atomic mass is 32.2. The quantitative estimate of drug-likeness (QED) is 0.823. The molecule has 1 saturated heterocycles. The van der Waals surface area contributed by atoms with Gasteiger partial charge in [0.2, 0.25) is 10.0 Å².